The van der Waals surface area contributed by atoms with Gasteiger partial charge in [-0.25, -0.2) is 9.97 Å². The molecule has 1 aliphatic rings. The van der Waals surface area contributed by atoms with Crippen molar-refractivity contribution < 1.29 is 9.53 Å². The number of pyridine rings is 2. The summed E-state index contributed by atoms with van der Waals surface area (Å²) in [4.78, 5) is 40.3. The molecular weight excluding hydrogens is 494 g/mol. The summed E-state index contributed by atoms with van der Waals surface area (Å²) in [6, 6.07) is 12.0. The smallest absolute Gasteiger partial charge is 0.224 e. The second-order valence-electron chi connectivity index (χ2n) is 10.1. The number of imidazole rings is 1. The molecule has 0 bridgehead atoms. The average molecular weight is 530 g/mol. The number of nitrogens with zero attached hydrogens (tertiary/aromatic N) is 4. The fraction of sp³-hybridized carbons (Fsp3) is 0.379. The van der Waals surface area contributed by atoms with Crippen LogP contribution in [0, 0.1) is 0 Å². The van der Waals surface area contributed by atoms with Gasteiger partial charge in [0.25, 0.3) is 0 Å². The first kappa shape index (κ1) is 26.6. The van der Waals surface area contributed by atoms with Crippen molar-refractivity contribution in [3.8, 4) is 22.6 Å². The standard InChI is InChI=1S/C29H35N7O3/c1-4-35-27(30)25(28-31-11-12-32-28)26(38)22-9-10-23(34-29(22)35)20-7-5-19(6-8-20)15-24(37)33-16-21-17-39-14-13-36(21)18(2)3/h5-12,18,21H,4,13-17,30H2,1-3H3,(H,31,32)(H,33,37). The number of nitrogen functional groups attached to an aromatic ring is 1. The lowest BCUT2D eigenvalue weighted by molar-refractivity contribution is -0.121. The van der Waals surface area contributed by atoms with Crippen molar-refractivity contribution in [3.05, 3.63) is 64.6 Å². The number of carbonyl (C=O) groups excluding carboxylic acids is 1. The maximum atomic E-state index is 13.3. The number of aromatic amines is 1. The zero-order valence-electron chi connectivity index (χ0n) is 22.6. The van der Waals surface area contributed by atoms with Crippen LogP contribution >= 0.6 is 0 Å². The number of aromatic nitrogens is 4. The summed E-state index contributed by atoms with van der Waals surface area (Å²) in [6.07, 6.45) is 3.55. The molecule has 39 heavy (non-hydrogen) atoms. The second kappa shape index (κ2) is 11.4. The van der Waals surface area contributed by atoms with Gasteiger partial charge in [0, 0.05) is 43.6 Å². The van der Waals surface area contributed by atoms with E-state index in [1.807, 2.05) is 41.8 Å². The van der Waals surface area contributed by atoms with Crippen LogP contribution in [-0.2, 0) is 22.5 Å². The molecule has 4 heterocycles. The third-order valence-electron chi connectivity index (χ3n) is 7.29. The third kappa shape index (κ3) is 5.43. The zero-order valence-corrected chi connectivity index (χ0v) is 22.6. The van der Waals surface area contributed by atoms with Crippen LogP contribution in [0.25, 0.3) is 33.7 Å². The molecule has 1 atom stereocenters. The molecule has 4 aromatic rings. The number of rotatable bonds is 8. The van der Waals surface area contributed by atoms with Gasteiger partial charge in [-0.3, -0.25) is 14.5 Å². The average Bonchev–Trinajstić information content (AvgIpc) is 3.47. The first-order chi connectivity index (χ1) is 18.9. The molecule has 1 amide bonds. The van der Waals surface area contributed by atoms with Crippen LogP contribution in [0.4, 0.5) is 5.82 Å². The fourth-order valence-electron chi connectivity index (χ4n) is 5.24. The van der Waals surface area contributed by atoms with Crippen molar-refractivity contribution in [2.45, 2.75) is 45.8 Å². The lowest BCUT2D eigenvalue weighted by Crippen LogP contribution is -2.53. The van der Waals surface area contributed by atoms with Crippen molar-refractivity contribution in [1.29, 1.82) is 0 Å². The molecule has 10 nitrogen and oxygen atoms in total. The van der Waals surface area contributed by atoms with Gasteiger partial charge >= 0.3 is 0 Å². The van der Waals surface area contributed by atoms with E-state index in [2.05, 4.69) is 34.0 Å². The van der Waals surface area contributed by atoms with Gasteiger partial charge < -0.3 is 25.3 Å². The summed E-state index contributed by atoms with van der Waals surface area (Å²) in [6.45, 7) is 9.66. The Bertz CT molecular complexity index is 1510. The Morgan fingerprint density at radius 1 is 1.23 bits per heavy atom. The van der Waals surface area contributed by atoms with Gasteiger partial charge in [-0.15, -0.1) is 0 Å². The maximum absolute atomic E-state index is 13.3. The summed E-state index contributed by atoms with van der Waals surface area (Å²) >= 11 is 0. The first-order valence-electron chi connectivity index (χ1n) is 13.4. The molecule has 204 valence electrons. The number of benzene rings is 1. The molecule has 0 radical (unpaired) electrons. The Balaban J connectivity index is 1.32. The summed E-state index contributed by atoms with van der Waals surface area (Å²) in [5.41, 5.74) is 9.60. The highest BCUT2D eigenvalue weighted by molar-refractivity contribution is 5.87. The van der Waals surface area contributed by atoms with Crippen molar-refractivity contribution in [3.63, 3.8) is 0 Å². The topological polar surface area (TPSA) is 131 Å². The van der Waals surface area contributed by atoms with Crippen LogP contribution in [0.1, 0.15) is 26.3 Å². The SMILES string of the molecule is CCn1c(N)c(-c2ncc[nH]2)c(=O)c2ccc(-c3ccc(CC(=O)NCC4COCCN4C(C)C)cc3)nc21. The van der Waals surface area contributed by atoms with Crippen LogP contribution in [0.5, 0.6) is 0 Å². The number of aryl methyl sites for hydroxylation is 1. The molecule has 1 saturated heterocycles. The van der Waals surface area contributed by atoms with E-state index in [0.717, 1.165) is 30.0 Å². The predicted molar refractivity (Wildman–Crippen MR) is 152 cm³/mol. The van der Waals surface area contributed by atoms with E-state index in [4.69, 9.17) is 15.5 Å². The van der Waals surface area contributed by atoms with E-state index in [-0.39, 0.29) is 17.4 Å². The lowest BCUT2D eigenvalue weighted by atomic mass is 10.0. The number of hydrogen-bond acceptors (Lipinski definition) is 7. The monoisotopic (exact) mass is 529 g/mol. The molecule has 1 aromatic carbocycles. The number of nitrogens with one attached hydrogen (secondary N) is 2. The number of morpholine rings is 1. The zero-order chi connectivity index (χ0) is 27.5. The van der Waals surface area contributed by atoms with Crippen LogP contribution in [0.3, 0.4) is 0 Å². The highest BCUT2D eigenvalue weighted by atomic mass is 16.5. The normalized spacial score (nSPS) is 16.2. The molecule has 3 aromatic heterocycles. The summed E-state index contributed by atoms with van der Waals surface area (Å²) in [7, 11) is 0. The Labute approximate surface area is 227 Å². The number of hydrogen-bond donors (Lipinski definition) is 3. The number of ether oxygens (including phenoxy) is 1. The number of anilines is 1. The van der Waals surface area contributed by atoms with E-state index < -0.39 is 0 Å². The molecule has 10 heteroatoms. The van der Waals surface area contributed by atoms with Crippen molar-refractivity contribution in [2.75, 3.05) is 32.0 Å². The molecule has 1 fully saturated rings. The van der Waals surface area contributed by atoms with Crippen molar-refractivity contribution in [2.24, 2.45) is 0 Å². The Hall–Kier alpha value is -4.02. The minimum absolute atomic E-state index is 0.0179. The van der Waals surface area contributed by atoms with Crippen LogP contribution in [-0.4, -0.2) is 68.7 Å². The molecule has 0 spiro atoms. The fourth-order valence-corrected chi connectivity index (χ4v) is 5.24. The van der Waals surface area contributed by atoms with Crippen LogP contribution in [0.15, 0.2) is 53.6 Å². The van der Waals surface area contributed by atoms with E-state index in [9.17, 15) is 9.59 Å². The van der Waals surface area contributed by atoms with Crippen LogP contribution < -0.4 is 16.5 Å². The number of amides is 1. The van der Waals surface area contributed by atoms with E-state index in [0.29, 0.717) is 60.4 Å². The second-order valence-corrected chi connectivity index (χ2v) is 10.1. The van der Waals surface area contributed by atoms with Gasteiger partial charge in [0.05, 0.1) is 36.8 Å². The van der Waals surface area contributed by atoms with Gasteiger partial charge in [-0.2, -0.15) is 0 Å². The summed E-state index contributed by atoms with van der Waals surface area (Å²) in [5.74, 6) is 0.748. The minimum atomic E-state index is -0.209. The van der Waals surface area contributed by atoms with Crippen molar-refractivity contribution in [1.82, 2.24) is 29.7 Å². The Morgan fingerprint density at radius 3 is 2.72 bits per heavy atom. The number of H-pyrrole nitrogens is 1. The maximum Gasteiger partial charge on any atom is 0.224 e. The molecule has 0 saturated carbocycles. The Kier molecular flexibility index (Phi) is 7.76. The van der Waals surface area contributed by atoms with Crippen LogP contribution in [0.2, 0.25) is 0 Å². The lowest BCUT2D eigenvalue weighted by Gasteiger charge is -2.38. The molecule has 4 N–H and O–H groups in total. The molecule has 1 unspecified atom stereocenters. The van der Waals surface area contributed by atoms with E-state index in [1.54, 1.807) is 18.5 Å². The van der Waals surface area contributed by atoms with Crippen molar-refractivity contribution >= 4 is 22.8 Å². The molecule has 0 aliphatic carbocycles. The highest BCUT2D eigenvalue weighted by Gasteiger charge is 2.25. The highest BCUT2D eigenvalue weighted by Crippen LogP contribution is 2.26. The number of carbonyl (C=O) groups is 1. The van der Waals surface area contributed by atoms with Gasteiger partial charge in [-0.05, 0) is 38.5 Å². The van der Waals surface area contributed by atoms with Gasteiger partial charge in [-0.1, -0.05) is 24.3 Å². The molecular formula is C29H35N7O3. The minimum Gasteiger partial charge on any atom is -0.384 e. The quantitative estimate of drug-likeness (QED) is 0.320. The molecule has 1 aliphatic heterocycles. The van der Waals surface area contributed by atoms with Gasteiger partial charge in [0.2, 0.25) is 11.3 Å². The van der Waals surface area contributed by atoms with E-state index >= 15 is 0 Å². The first-order valence-corrected chi connectivity index (χ1v) is 13.4. The summed E-state index contributed by atoms with van der Waals surface area (Å²) in [5, 5.41) is 3.55. The largest absolute Gasteiger partial charge is 0.384 e. The number of fused-ring (bicyclic) bond motifs is 1. The Morgan fingerprint density at radius 2 is 2.03 bits per heavy atom. The summed E-state index contributed by atoms with van der Waals surface area (Å²) < 4.78 is 7.44. The van der Waals surface area contributed by atoms with Gasteiger partial charge in [0.1, 0.15) is 22.9 Å². The predicted octanol–water partition coefficient (Wildman–Crippen LogP) is 2.82. The van der Waals surface area contributed by atoms with Gasteiger partial charge in [0.15, 0.2) is 0 Å². The number of nitrogens with two attached hydrogens (primary N) is 1. The van der Waals surface area contributed by atoms with E-state index in [1.165, 1.54) is 0 Å². The molecule has 5 rings (SSSR count). The third-order valence-corrected chi connectivity index (χ3v) is 7.29.